The summed E-state index contributed by atoms with van der Waals surface area (Å²) < 4.78 is 10.3. The normalized spacial score (nSPS) is 18.4. The molecule has 1 atom stereocenters. The van der Waals surface area contributed by atoms with E-state index in [1.807, 2.05) is 27.7 Å². The maximum atomic E-state index is 11.6. The molecular weight excluding hydrogens is 220 g/mol. The SMILES string of the molecule is CCC(CNC1COC1)NC(=O)OC(C)(C)C. The molecule has 1 saturated heterocycles. The van der Waals surface area contributed by atoms with Crippen LogP contribution < -0.4 is 10.6 Å². The van der Waals surface area contributed by atoms with Crippen LogP contribution in [0.4, 0.5) is 4.79 Å². The molecule has 1 aliphatic rings. The van der Waals surface area contributed by atoms with Gasteiger partial charge in [-0.1, -0.05) is 6.92 Å². The number of ether oxygens (including phenoxy) is 2. The second-order valence-electron chi connectivity index (χ2n) is 5.39. The Kier molecular flexibility index (Phi) is 5.21. The lowest BCUT2D eigenvalue weighted by molar-refractivity contribution is -0.00607. The molecule has 1 amide bonds. The van der Waals surface area contributed by atoms with Gasteiger partial charge in [-0.3, -0.25) is 0 Å². The van der Waals surface area contributed by atoms with Crippen LogP contribution in [0.15, 0.2) is 0 Å². The first-order chi connectivity index (χ1) is 7.90. The molecule has 0 bridgehead atoms. The summed E-state index contributed by atoms with van der Waals surface area (Å²) >= 11 is 0. The van der Waals surface area contributed by atoms with Crippen molar-refractivity contribution in [1.82, 2.24) is 10.6 Å². The molecule has 5 heteroatoms. The van der Waals surface area contributed by atoms with Gasteiger partial charge >= 0.3 is 6.09 Å². The molecule has 0 saturated carbocycles. The van der Waals surface area contributed by atoms with Crippen molar-refractivity contribution in [3.8, 4) is 0 Å². The van der Waals surface area contributed by atoms with E-state index < -0.39 is 5.60 Å². The van der Waals surface area contributed by atoms with Gasteiger partial charge in [0.2, 0.25) is 0 Å². The molecule has 5 nitrogen and oxygen atoms in total. The van der Waals surface area contributed by atoms with Crippen LogP contribution in [-0.4, -0.2) is 43.5 Å². The molecule has 0 aromatic carbocycles. The van der Waals surface area contributed by atoms with E-state index in [-0.39, 0.29) is 12.1 Å². The molecule has 1 unspecified atom stereocenters. The van der Waals surface area contributed by atoms with Gasteiger partial charge in [-0.15, -0.1) is 0 Å². The number of hydrogen-bond donors (Lipinski definition) is 2. The molecule has 0 aliphatic carbocycles. The number of rotatable bonds is 5. The maximum Gasteiger partial charge on any atom is 0.407 e. The first kappa shape index (κ1) is 14.3. The second-order valence-corrected chi connectivity index (χ2v) is 5.39. The predicted octanol–water partition coefficient (Wildman–Crippen LogP) is 1.28. The number of amides is 1. The Labute approximate surface area is 103 Å². The van der Waals surface area contributed by atoms with E-state index in [2.05, 4.69) is 10.6 Å². The molecule has 1 rings (SSSR count). The maximum absolute atomic E-state index is 11.6. The summed E-state index contributed by atoms with van der Waals surface area (Å²) in [5, 5.41) is 6.21. The zero-order chi connectivity index (χ0) is 12.9. The number of hydrogen-bond acceptors (Lipinski definition) is 4. The van der Waals surface area contributed by atoms with Gasteiger partial charge in [0, 0.05) is 12.6 Å². The first-order valence-corrected chi connectivity index (χ1v) is 6.21. The Morgan fingerprint density at radius 2 is 2.12 bits per heavy atom. The molecule has 17 heavy (non-hydrogen) atoms. The van der Waals surface area contributed by atoms with Crippen LogP contribution in [0, 0.1) is 0 Å². The van der Waals surface area contributed by atoms with Crippen LogP contribution in [0.1, 0.15) is 34.1 Å². The van der Waals surface area contributed by atoms with Crippen molar-refractivity contribution in [1.29, 1.82) is 0 Å². The quantitative estimate of drug-likeness (QED) is 0.765. The summed E-state index contributed by atoms with van der Waals surface area (Å²) in [4.78, 5) is 11.6. The molecule has 0 aromatic rings. The van der Waals surface area contributed by atoms with Crippen molar-refractivity contribution >= 4 is 6.09 Å². The van der Waals surface area contributed by atoms with Gasteiger partial charge in [0.25, 0.3) is 0 Å². The molecule has 1 fully saturated rings. The Hall–Kier alpha value is -0.810. The molecule has 100 valence electrons. The highest BCUT2D eigenvalue weighted by molar-refractivity contribution is 5.68. The molecule has 0 spiro atoms. The van der Waals surface area contributed by atoms with Crippen LogP contribution in [0.2, 0.25) is 0 Å². The van der Waals surface area contributed by atoms with E-state index in [9.17, 15) is 4.79 Å². The third-order valence-electron chi connectivity index (χ3n) is 2.50. The summed E-state index contributed by atoms with van der Waals surface area (Å²) in [5.74, 6) is 0. The summed E-state index contributed by atoms with van der Waals surface area (Å²) in [5.41, 5.74) is -0.447. The lowest BCUT2D eigenvalue weighted by Gasteiger charge is -2.29. The van der Waals surface area contributed by atoms with Crippen LogP contribution in [0.25, 0.3) is 0 Å². The number of carbonyl (C=O) groups excluding carboxylic acids is 1. The fourth-order valence-corrected chi connectivity index (χ4v) is 1.43. The fourth-order valence-electron chi connectivity index (χ4n) is 1.43. The van der Waals surface area contributed by atoms with Crippen molar-refractivity contribution in [3.63, 3.8) is 0 Å². The third kappa shape index (κ3) is 5.89. The van der Waals surface area contributed by atoms with Crippen LogP contribution in [0.5, 0.6) is 0 Å². The monoisotopic (exact) mass is 244 g/mol. The number of nitrogens with one attached hydrogen (secondary N) is 2. The van der Waals surface area contributed by atoms with Gasteiger partial charge in [0.05, 0.1) is 19.3 Å². The summed E-state index contributed by atoms with van der Waals surface area (Å²) in [6, 6.07) is 0.537. The van der Waals surface area contributed by atoms with Crippen molar-refractivity contribution in [2.45, 2.75) is 51.8 Å². The average molecular weight is 244 g/mol. The van der Waals surface area contributed by atoms with Crippen molar-refractivity contribution in [3.05, 3.63) is 0 Å². The summed E-state index contributed by atoms with van der Waals surface area (Å²) in [6.07, 6.45) is 0.524. The van der Waals surface area contributed by atoms with Gasteiger partial charge in [0.1, 0.15) is 5.60 Å². The van der Waals surface area contributed by atoms with E-state index in [4.69, 9.17) is 9.47 Å². The number of alkyl carbamates (subject to hydrolysis) is 1. The van der Waals surface area contributed by atoms with E-state index >= 15 is 0 Å². The van der Waals surface area contributed by atoms with Gasteiger partial charge in [0.15, 0.2) is 0 Å². The molecule has 1 heterocycles. The minimum absolute atomic E-state index is 0.102. The van der Waals surface area contributed by atoms with Gasteiger partial charge in [-0.25, -0.2) is 4.79 Å². The summed E-state index contributed by atoms with van der Waals surface area (Å²) in [6.45, 7) is 9.91. The van der Waals surface area contributed by atoms with Crippen LogP contribution in [-0.2, 0) is 9.47 Å². The van der Waals surface area contributed by atoms with Crippen LogP contribution >= 0.6 is 0 Å². The smallest absolute Gasteiger partial charge is 0.407 e. The third-order valence-corrected chi connectivity index (χ3v) is 2.50. The topological polar surface area (TPSA) is 59.6 Å². The fraction of sp³-hybridized carbons (Fsp3) is 0.917. The van der Waals surface area contributed by atoms with Gasteiger partial charge in [-0.2, -0.15) is 0 Å². The second kappa shape index (κ2) is 6.21. The average Bonchev–Trinajstić information content (AvgIpc) is 2.10. The highest BCUT2D eigenvalue weighted by Gasteiger charge is 2.21. The lowest BCUT2D eigenvalue weighted by atomic mass is 10.2. The largest absolute Gasteiger partial charge is 0.444 e. The van der Waals surface area contributed by atoms with E-state index in [1.165, 1.54) is 0 Å². The highest BCUT2D eigenvalue weighted by Crippen LogP contribution is 2.07. The minimum atomic E-state index is -0.447. The molecular formula is C12H24N2O3. The zero-order valence-corrected chi connectivity index (χ0v) is 11.2. The van der Waals surface area contributed by atoms with Gasteiger partial charge in [-0.05, 0) is 27.2 Å². The molecule has 1 aliphatic heterocycles. The van der Waals surface area contributed by atoms with Gasteiger partial charge < -0.3 is 20.1 Å². The molecule has 2 N–H and O–H groups in total. The Morgan fingerprint density at radius 3 is 2.53 bits per heavy atom. The van der Waals surface area contributed by atoms with Crippen molar-refractivity contribution in [2.24, 2.45) is 0 Å². The Morgan fingerprint density at radius 1 is 1.47 bits per heavy atom. The molecule has 0 aromatic heterocycles. The molecule has 0 radical (unpaired) electrons. The number of carbonyl (C=O) groups is 1. The van der Waals surface area contributed by atoms with Crippen molar-refractivity contribution < 1.29 is 14.3 Å². The first-order valence-electron chi connectivity index (χ1n) is 6.21. The van der Waals surface area contributed by atoms with Crippen molar-refractivity contribution in [2.75, 3.05) is 19.8 Å². The Bertz CT molecular complexity index is 247. The minimum Gasteiger partial charge on any atom is -0.444 e. The highest BCUT2D eigenvalue weighted by atomic mass is 16.6. The Balaban J connectivity index is 2.22. The predicted molar refractivity (Wildman–Crippen MR) is 66.1 cm³/mol. The van der Waals surface area contributed by atoms with E-state index in [0.717, 1.165) is 26.2 Å². The standard InChI is InChI=1S/C12H24N2O3/c1-5-9(6-13-10-7-16-8-10)14-11(15)17-12(2,3)4/h9-10,13H,5-8H2,1-4H3,(H,14,15). The summed E-state index contributed by atoms with van der Waals surface area (Å²) in [7, 11) is 0. The van der Waals surface area contributed by atoms with E-state index in [0.29, 0.717) is 6.04 Å². The van der Waals surface area contributed by atoms with E-state index in [1.54, 1.807) is 0 Å². The van der Waals surface area contributed by atoms with Crippen LogP contribution in [0.3, 0.4) is 0 Å². The zero-order valence-electron chi connectivity index (χ0n) is 11.2. The lowest BCUT2D eigenvalue weighted by Crippen LogP contribution is -2.51.